The zero-order valence-electron chi connectivity index (χ0n) is 15.2. The smallest absolute Gasteiger partial charge is 0.269 e. The third-order valence-corrected chi connectivity index (χ3v) is 4.80. The fourth-order valence-electron chi connectivity index (χ4n) is 3.29. The predicted octanol–water partition coefficient (Wildman–Crippen LogP) is 3.41. The topological polar surface area (TPSA) is 56.1 Å². The average molecular weight is 341 g/mol. The molecule has 3 rings (SSSR count). The molecule has 134 valence electrons. The largest absolute Gasteiger partial charge is 0.371 e. The number of nitrogens with zero attached hydrogens (tertiary/aromatic N) is 2. The molecule has 1 heterocycles. The van der Waals surface area contributed by atoms with Gasteiger partial charge in [0.1, 0.15) is 5.69 Å². The van der Waals surface area contributed by atoms with Gasteiger partial charge in [0.25, 0.3) is 5.91 Å². The first-order chi connectivity index (χ1) is 12.0. The van der Waals surface area contributed by atoms with E-state index in [0.29, 0.717) is 18.2 Å². The van der Waals surface area contributed by atoms with Gasteiger partial charge in [0.2, 0.25) is 0 Å². The number of nitrogens with one attached hydrogen (secondary N) is 1. The monoisotopic (exact) mass is 341 g/mol. The Morgan fingerprint density at radius 1 is 1.32 bits per heavy atom. The number of ether oxygens (including phenoxy) is 1. The first-order valence-electron chi connectivity index (χ1n) is 9.05. The van der Waals surface area contributed by atoms with Gasteiger partial charge in [-0.3, -0.25) is 9.48 Å². The van der Waals surface area contributed by atoms with E-state index in [1.807, 2.05) is 31.3 Å². The molecule has 25 heavy (non-hydrogen) atoms. The van der Waals surface area contributed by atoms with Crippen molar-refractivity contribution in [1.82, 2.24) is 15.1 Å². The zero-order valence-corrected chi connectivity index (χ0v) is 15.2. The summed E-state index contributed by atoms with van der Waals surface area (Å²) < 4.78 is 7.74. The van der Waals surface area contributed by atoms with Gasteiger partial charge in [-0.15, -0.1) is 0 Å². The van der Waals surface area contributed by atoms with Gasteiger partial charge in [0, 0.05) is 7.05 Å². The molecule has 2 aromatic rings. The fraction of sp³-hybridized carbons (Fsp3) is 0.500. The summed E-state index contributed by atoms with van der Waals surface area (Å²) in [6, 6.07) is 12.1. The maximum absolute atomic E-state index is 12.6. The van der Waals surface area contributed by atoms with Crippen LogP contribution in [-0.2, 0) is 18.4 Å². The fourth-order valence-corrected chi connectivity index (χ4v) is 3.29. The molecule has 0 aliphatic heterocycles. The van der Waals surface area contributed by atoms with Crippen molar-refractivity contribution >= 4 is 5.91 Å². The average Bonchev–Trinajstić information content (AvgIpc) is 3.20. The lowest BCUT2D eigenvalue weighted by molar-refractivity contribution is 0.0271. The van der Waals surface area contributed by atoms with E-state index in [1.54, 1.807) is 4.68 Å². The molecule has 1 aromatic heterocycles. The van der Waals surface area contributed by atoms with Gasteiger partial charge in [-0.05, 0) is 36.8 Å². The number of benzene rings is 1. The molecule has 1 N–H and O–H groups in total. The highest BCUT2D eigenvalue weighted by Crippen LogP contribution is 2.24. The highest BCUT2D eigenvalue weighted by Gasteiger charge is 2.30. The zero-order chi connectivity index (χ0) is 17.8. The molecule has 0 radical (unpaired) electrons. The third-order valence-electron chi connectivity index (χ3n) is 4.80. The van der Waals surface area contributed by atoms with Gasteiger partial charge in [-0.1, -0.05) is 44.2 Å². The molecule has 1 aromatic carbocycles. The summed E-state index contributed by atoms with van der Waals surface area (Å²) >= 11 is 0. The highest BCUT2D eigenvalue weighted by atomic mass is 16.5. The minimum absolute atomic E-state index is 0.0635. The van der Waals surface area contributed by atoms with Crippen LogP contribution in [0.5, 0.6) is 0 Å². The lowest BCUT2D eigenvalue weighted by Gasteiger charge is -2.21. The second kappa shape index (κ2) is 7.83. The molecule has 2 unspecified atom stereocenters. The van der Waals surface area contributed by atoms with Gasteiger partial charge in [-0.25, -0.2) is 0 Å². The molecule has 0 bridgehead atoms. The molecule has 1 saturated carbocycles. The van der Waals surface area contributed by atoms with Crippen LogP contribution in [0.4, 0.5) is 0 Å². The van der Waals surface area contributed by atoms with Gasteiger partial charge >= 0.3 is 0 Å². The standard InChI is InChI=1S/C20H27N3O2/c1-14(2)17-12-18(23(3)22-17)20(24)21-16-10-7-11-19(16)25-13-15-8-5-4-6-9-15/h4-6,8-9,12,14,16,19H,7,10-11,13H2,1-3H3,(H,21,24). The Balaban J connectivity index is 1.60. The van der Waals surface area contributed by atoms with Crippen LogP contribution >= 0.6 is 0 Å². The van der Waals surface area contributed by atoms with Gasteiger partial charge in [0.05, 0.1) is 24.4 Å². The lowest BCUT2D eigenvalue weighted by Crippen LogP contribution is -2.41. The van der Waals surface area contributed by atoms with Crippen molar-refractivity contribution in [3.05, 3.63) is 53.3 Å². The Bertz CT molecular complexity index is 709. The molecule has 5 heteroatoms. The summed E-state index contributed by atoms with van der Waals surface area (Å²) in [5.74, 6) is 0.239. The van der Waals surface area contributed by atoms with Crippen LogP contribution in [0.1, 0.15) is 60.8 Å². The van der Waals surface area contributed by atoms with Crippen LogP contribution in [0.25, 0.3) is 0 Å². The van der Waals surface area contributed by atoms with E-state index in [0.717, 1.165) is 30.5 Å². The predicted molar refractivity (Wildman–Crippen MR) is 97.4 cm³/mol. The number of hydrogen-bond donors (Lipinski definition) is 1. The Labute approximate surface area is 149 Å². The highest BCUT2D eigenvalue weighted by molar-refractivity contribution is 5.93. The summed E-state index contributed by atoms with van der Waals surface area (Å²) in [6.07, 6.45) is 3.09. The second-order valence-electron chi connectivity index (χ2n) is 7.08. The molecule has 5 nitrogen and oxygen atoms in total. The van der Waals surface area contributed by atoms with E-state index in [-0.39, 0.29) is 18.1 Å². The van der Waals surface area contributed by atoms with Gasteiger partial charge in [-0.2, -0.15) is 5.10 Å². The number of rotatable bonds is 6. The minimum atomic E-state index is -0.0675. The van der Waals surface area contributed by atoms with Crippen LogP contribution in [-0.4, -0.2) is 27.8 Å². The Hall–Kier alpha value is -2.14. The maximum Gasteiger partial charge on any atom is 0.269 e. The molecular weight excluding hydrogens is 314 g/mol. The molecular formula is C20H27N3O2. The van der Waals surface area contributed by atoms with Crippen molar-refractivity contribution in [1.29, 1.82) is 0 Å². The molecule has 0 saturated heterocycles. The van der Waals surface area contributed by atoms with E-state index in [4.69, 9.17) is 4.74 Å². The Kier molecular flexibility index (Phi) is 5.53. The first kappa shape index (κ1) is 17.7. The molecule has 1 aliphatic rings. The number of carbonyl (C=O) groups is 1. The van der Waals surface area contributed by atoms with Crippen molar-refractivity contribution in [2.24, 2.45) is 7.05 Å². The van der Waals surface area contributed by atoms with Crippen LogP contribution in [0.2, 0.25) is 0 Å². The Morgan fingerprint density at radius 2 is 2.08 bits per heavy atom. The van der Waals surface area contributed by atoms with Gasteiger partial charge < -0.3 is 10.1 Å². The van der Waals surface area contributed by atoms with Crippen molar-refractivity contribution < 1.29 is 9.53 Å². The van der Waals surface area contributed by atoms with E-state index in [2.05, 4.69) is 36.4 Å². The molecule has 1 fully saturated rings. The van der Waals surface area contributed by atoms with Crippen LogP contribution in [0.3, 0.4) is 0 Å². The summed E-state index contributed by atoms with van der Waals surface area (Å²) in [4.78, 5) is 12.6. The first-order valence-corrected chi connectivity index (χ1v) is 9.05. The summed E-state index contributed by atoms with van der Waals surface area (Å²) in [7, 11) is 1.82. The Morgan fingerprint density at radius 3 is 2.76 bits per heavy atom. The van der Waals surface area contributed by atoms with Crippen LogP contribution in [0, 0.1) is 0 Å². The molecule has 0 spiro atoms. The van der Waals surface area contributed by atoms with Gasteiger partial charge in [0.15, 0.2) is 0 Å². The number of aromatic nitrogens is 2. The number of amides is 1. The van der Waals surface area contributed by atoms with E-state index < -0.39 is 0 Å². The number of carbonyl (C=O) groups excluding carboxylic acids is 1. The van der Waals surface area contributed by atoms with E-state index in [1.165, 1.54) is 0 Å². The summed E-state index contributed by atoms with van der Waals surface area (Å²) in [5, 5.41) is 7.58. The molecule has 1 amide bonds. The maximum atomic E-state index is 12.6. The lowest BCUT2D eigenvalue weighted by atomic mass is 10.1. The van der Waals surface area contributed by atoms with E-state index >= 15 is 0 Å². The van der Waals surface area contributed by atoms with Crippen molar-refractivity contribution in [3.63, 3.8) is 0 Å². The summed E-state index contributed by atoms with van der Waals surface area (Å²) in [6.45, 7) is 4.74. The van der Waals surface area contributed by atoms with Crippen molar-refractivity contribution in [2.75, 3.05) is 0 Å². The number of hydrogen-bond acceptors (Lipinski definition) is 3. The summed E-state index contributed by atoms with van der Waals surface area (Å²) in [5.41, 5.74) is 2.71. The molecule has 2 atom stereocenters. The SMILES string of the molecule is CC(C)c1cc(C(=O)NC2CCCC2OCc2ccccc2)n(C)n1. The van der Waals surface area contributed by atoms with Crippen LogP contribution < -0.4 is 5.32 Å². The normalized spacial score (nSPS) is 20.2. The van der Waals surface area contributed by atoms with E-state index in [9.17, 15) is 4.79 Å². The second-order valence-corrected chi connectivity index (χ2v) is 7.08. The van der Waals surface area contributed by atoms with Crippen molar-refractivity contribution in [2.45, 2.75) is 57.8 Å². The quantitative estimate of drug-likeness (QED) is 0.876. The van der Waals surface area contributed by atoms with Crippen LogP contribution in [0.15, 0.2) is 36.4 Å². The minimum Gasteiger partial charge on any atom is -0.371 e. The van der Waals surface area contributed by atoms with Crippen molar-refractivity contribution in [3.8, 4) is 0 Å². The number of aryl methyl sites for hydroxylation is 1. The third kappa shape index (κ3) is 4.28. The molecule has 1 aliphatic carbocycles.